The summed E-state index contributed by atoms with van der Waals surface area (Å²) in [7, 11) is -1.09. The van der Waals surface area contributed by atoms with E-state index in [2.05, 4.69) is 10.6 Å². The molecule has 0 aromatic heterocycles. The van der Waals surface area contributed by atoms with E-state index in [1.165, 1.54) is 0 Å². The highest BCUT2D eigenvalue weighted by molar-refractivity contribution is 7.84. The van der Waals surface area contributed by atoms with Gasteiger partial charge in [0.2, 0.25) is 0 Å². The molecular formula is C21H26N2O4S. The van der Waals surface area contributed by atoms with Crippen LogP contribution in [0.4, 0.5) is 5.69 Å². The van der Waals surface area contributed by atoms with E-state index in [0.29, 0.717) is 17.2 Å². The summed E-state index contributed by atoms with van der Waals surface area (Å²) in [6.07, 6.45) is 1.57. The zero-order valence-corrected chi connectivity index (χ0v) is 17.4. The van der Waals surface area contributed by atoms with E-state index >= 15 is 0 Å². The Hall–Kier alpha value is -2.51. The molecule has 0 saturated carbocycles. The minimum Gasteiger partial charge on any atom is -0.371 e. The number of hydrogen-bond acceptors (Lipinski definition) is 4. The van der Waals surface area contributed by atoms with E-state index in [1.807, 2.05) is 45.0 Å². The number of ether oxygens (including phenoxy) is 1. The largest absolute Gasteiger partial charge is 0.371 e. The summed E-state index contributed by atoms with van der Waals surface area (Å²) in [4.78, 5) is 24.7. The van der Waals surface area contributed by atoms with Crippen molar-refractivity contribution in [1.82, 2.24) is 5.32 Å². The van der Waals surface area contributed by atoms with Gasteiger partial charge in [-0.25, -0.2) is 0 Å². The lowest BCUT2D eigenvalue weighted by atomic mass is 10.1. The first kappa shape index (κ1) is 21.8. The first-order valence-corrected chi connectivity index (χ1v) is 10.4. The molecular weight excluding hydrogens is 376 g/mol. The summed E-state index contributed by atoms with van der Waals surface area (Å²) in [6.45, 7) is 6.69. The van der Waals surface area contributed by atoms with Gasteiger partial charge in [-0.05, 0) is 56.2 Å². The summed E-state index contributed by atoms with van der Waals surface area (Å²) in [5.41, 5.74) is 2.12. The fourth-order valence-corrected chi connectivity index (χ4v) is 2.83. The molecule has 1 unspecified atom stereocenters. The van der Waals surface area contributed by atoms with Gasteiger partial charge >= 0.3 is 11.8 Å². The number of benzene rings is 2. The van der Waals surface area contributed by atoms with Crippen LogP contribution in [-0.4, -0.2) is 27.9 Å². The molecule has 0 aliphatic rings. The van der Waals surface area contributed by atoms with Crippen molar-refractivity contribution in [2.24, 2.45) is 0 Å². The van der Waals surface area contributed by atoms with Crippen LogP contribution in [0, 0.1) is 0 Å². The Labute approximate surface area is 168 Å². The Kier molecular flexibility index (Phi) is 7.48. The predicted molar refractivity (Wildman–Crippen MR) is 110 cm³/mol. The second-order valence-corrected chi connectivity index (χ2v) is 8.72. The average molecular weight is 403 g/mol. The van der Waals surface area contributed by atoms with Crippen LogP contribution in [0.2, 0.25) is 0 Å². The molecule has 0 bridgehead atoms. The Morgan fingerprint density at radius 1 is 1.00 bits per heavy atom. The number of carbonyl (C=O) groups is 2. The molecule has 1 atom stereocenters. The summed E-state index contributed by atoms with van der Waals surface area (Å²) in [5.74, 6) is -1.47. The monoisotopic (exact) mass is 402 g/mol. The predicted octanol–water partition coefficient (Wildman–Crippen LogP) is 2.99. The highest BCUT2D eigenvalue weighted by atomic mass is 32.2. The zero-order chi connectivity index (χ0) is 20.7. The number of nitrogens with one attached hydrogen (secondary N) is 2. The number of hydrogen-bond donors (Lipinski definition) is 2. The molecule has 2 rings (SSSR count). The van der Waals surface area contributed by atoms with Gasteiger partial charge in [0, 0.05) is 34.2 Å². The van der Waals surface area contributed by atoms with Gasteiger partial charge in [-0.15, -0.1) is 0 Å². The van der Waals surface area contributed by atoms with E-state index in [4.69, 9.17) is 4.74 Å². The third kappa shape index (κ3) is 7.25. The first-order chi connectivity index (χ1) is 13.1. The third-order valence-corrected chi connectivity index (χ3v) is 4.70. The lowest BCUT2D eigenvalue weighted by molar-refractivity contribution is -0.136. The van der Waals surface area contributed by atoms with Crippen molar-refractivity contribution in [3.05, 3.63) is 59.7 Å². The van der Waals surface area contributed by atoms with Crippen LogP contribution >= 0.6 is 0 Å². The number of carbonyl (C=O) groups excluding carboxylic acids is 2. The Balaban J connectivity index is 1.87. The normalized spacial score (nSPS) is 12.3. The topological polar surface area (TPSA) is 84.5 Å². The van der Waals surface area contributed by atoms with Crippen LogP contribution in [0.25, 0.3) is 0 Å². The quantitative estimate of drug-likeness (QED) is 0.728. The molecule has 2 aromatic carbocycles. The van der Waals surface area contributed by atoms with Gasteiger partial charge < -0.3 is 15.4 Å². The molecule has 6 nitrogen and oxygen atoms in total. The molecule has 2 aromatic rings. The van der Waals surface area contributed by atoms with Gasteiger partial charge in [0.25, 0.3) is 0 Å². The van der Waals surface area contributed by atoms with Gasteiger partial charge in [-0.2, -0.15) is 0 Å². The minimum atomic E-state index is -1.09. The molecule has 0 aliphatic carbocycles. The molecule has 2 amide bonds. The van der Waals surface area contributed by atoms with Gasteiger partial charge in [-0.1, -0.05) is 24.3 Å². The van der Waals surface area contributed by atoms with E-state index < -0.39 is 22.6 Å². The Morgan fingerprint density at radius 2 is 1.64 bits per heavy atom. The molecule has 0 spiro atoms. The Bertz CT molecular complexity index is 857. The number of rotatable bonds is 6. The molecule has 0 aliphatic heterocycles. The third-order valence-electron chi connectivity index (χ3n) is 3.77. The minimum absolute atomic E-state index is 0.229. The van der Waals surface area contributed by atoms with Gasteiger partial charge in [0.1, 0.15) is 0 Å². The lowest BCUT2D eigenvalue weighted by Gasteiger charge is -2.19. The van der Waals surface area contributed by atoms with Crippen LogP contribution in [0.15, 0.2) is 53.4 Å². The molecule has 0 fully saturated rings. The number of anilines is 1. The highest BCUT2D eigenvalue weighted by Crippen LogP contribution is 2.14. The van der Waals surface area contributed by atoms with Crippen molar-refractivity contribution in [1.29, 1.82) is 0 Å². The van der Waals surface area contributed by atoms with E-state index in [1.54, 1.807) is 30.5 Å². The molecule has 7 heteroatoms. The summed E-state index contributed by atoms with van der Waals surface area (Å²) < 4.78 is 17.1. The van der Waals surface area contributed by atoms with Gasteiger partial charge in [0.05, 0.1) is 12.2 Å². The number of amides is 2. The summed E-state index contributed by atoms with van der Waals surface area (Å²) >= 11 is 0. The maximum absolute atomic E-state index is 12.0. The maximum atomic E-state index is 12.0. The molecule has 0 heterocycles. The van der Waals surface area contributed by atoms with Crippen molar-refractivity contribution in [3.63, 3.8) is 0 Å². The van der Waals surface area contributed by atoms with Crippen molar-refractivity contribution >= 4 is 28.3 Å². The molecule has 28 heavy (non-hydrogen) atoms. The smallest absolute Gasteiger partial charge is 0.313 e. The molecule has 2 N–H and O–H groups in total. The van der Waals surface area contributed by atoms with Crippen LogP contribution < -0.4 is 10.6 Å². The van der Waals surface area contributed by atoms with Crippen molar-refractivity contribution < 1.29 is 18.5 Å². The second kappa shape index (κ2) is 9.61. The van der Waals surface area contributed by atoms with Crippen LogP contribution in [0.3, 0.4) is 0 Å². The van der Waals surface area contributed by atoms with E-state index in [0.717, 1.165) is 11.1 Å². The summed E-state index contributed by atoms with van der Waals surface area (Å²) in [5, 5.41) is 5.13. The highest BCUT2D eigenvalue weighted by Gasteiger charge is 2.14. The van der Waals surface area contributed by atoms with Crippen LogP contribution in [0.1, 0.15) is 31.9 Å². The fraction of sp³-hybridized carbons (Fsp3) is 0.333. The molecule has 150 valence electrons. The van der Waals surface area contributed by atoms with Gasteiger partial charge in [-0.3, -0.25) is 13.8 Å². The molecule has 0 radical (unpaired) electrons. The standard InChI is InChI=1S/C21H26N2O4S/c1-21(2,3)27-14-16-7-5-6-15(12-16)13-22-19(24)20(25)23-17-8-10-18(11-9-17)28(4)26/h5-12H,13-14H2,1-4H3,(H,22,24)(H,23,25). The van der Waals surface area contributed by atoms with E-state index in [-0.39, 0.29) is 12.1 Å². The van der Waals surface area contributed by atoms with Crippen molar-refractivity contribution in [2.45, 2.75) is 44.4 Å². The van der Waals surface area contributed by atoms with Crippen molar-refractivity contribution in [2.75, 3.05) is 11.6 Å². The van der Waals surface area contributed by atoms with Gasteiger partial charge in [0.15, 0.2) is 0 Å². The maximum Gasteiger partial charge on any atom is 0.313 e. The van der Waals surface area contributed by atoms with Crippen molar-refractivity contribution in [3.8, 4) is 0 Å². The zero-order valence-electron chi connectivity index (χ0n) is 16.6. The summed E-state index contributed by atoms with van der Waals surface area (Å²) in [6, 6.07) is 14.2. The SMILES string of the molecule is CS(=O)c1ccc(NC(=O)C(=O)NCc2cccc(COC(C)(C)C)c2)cc1. The molecule has 0 saturated heterocycles. The van der Waals surface area contributed by atoms with Crippen LogP contribution in [0.5, 0.6) is 0 Å². The fourth-order valence-electron chi connectivity index (χ4n) is 2.31. The average Bonchev–Trinajstić information content (AvgIpc) is 2.64. The Morgan fingerprint density at radius 3 is 2.25 bits per heavy atom. The lowest BCUT2D eigenvalue weighted by Crippen LogP contribution is -2.34. The van der Waals surface area contributed by atoms with E-state index in [9.17, 15) is 13.8 Å². The second-order valence-electron chi connectivity index (χ2n) is 7.34. The van der Waals surface area contributed by atoms with Crippen LogP contribution in [-0.2, 0) is 38.3 Å². The first-order valence-electron chi connectivity index (χ1n) is 8.88.